The summed E-state index contributed by atoms with van der Waals surface area (Å²) < 4.78 is 5.73. The molecule has 0 atom stereocenters. The first-order chi connectivity index (χ1) is 9.83. The number of anilines is 1. The number of para-hydroxylation sites is 1. The Labute approximate surface area is 118 Å². The topological polar surface area (TPSA) is 41.6 Å². The molecule has 0 aromatic heterocycles. The summed E-state index contributed by atoms with van der Waals surface area (Å²) >= 11 is 0. The summed E-state index contributed by atoms with van der Waals surface area (Å²) in [7, 11) is 0. The molecule has 3 rings (SSSR count). The van der Waals surface area contributed by atoms with Gasteiger partial charge in [0.05, 0.1) is 6.54 Å². The van der Waals surface area contributed by atoms with Gasteiger partial charge in [-0.05, 0) is 36.4 Å². The summed E-state index contributed by atoms with van der Waals surface area (Å²) in [6.07, 6.45) is 0. The maximum absolute atomic E-state index is 11.8. The molecule has 20 heavy (non-hydrogen) atoms. The molecule has 0 unspecified atom stereocenters. The Bertz CT molecular complexity index is 581. The highest BCUT2D eigenvalue weighted by atomic mass is 16.5. The minimum absolute atomic E-state index is 0.105. The van der Waals surface area contributed by atoms with Crippen LogP contribution in [0.4, 0.5) is 5.69 Å². The van der Waals surface area contributed by atoms with Crippen LogP contribution in [0.1, 0.15) is 0 Å². The van der Waals surface area contributed by atoms with E-state index >= 15 is 0 Å². The van der Waals surface area contributed by atoms with Gasteiger partial charge < -0.3 is 15.0 Å². The van der Waals surface area contributed by atoms with Gasteiger partial charge in [0.2, 0.25) is 5.91 Å². The molecule has 0 radical (unpaired) electrons. The second-order valence-electron chi connectivity index (χ2n) is 4.63. The van der Waals surface area contributed by atoms with Gasteiger partial charge in [0.15, 0.2) is 0 Å². The SMILES string of the molecule is O=C1CNCCN1c1ccc(Oc2ccccc2)cc1. The molecule has 1 aliphatic heterocycles. The van der Waals surface area contributed by atoms with E-state index in [2.05, 4.69) is 5.32 Å². The number of amides is 1. The molecule has 1 amide bonds. The lowest BCUT2D eigenvalue weighted by Gasteiger charge is -2.27. The normalized spacial score (nSPS) is 15.2. The Morgan fingerprint density at radius 1 is 0.950 bits per heavy atom. The number of carbonyl (C=O) groups is 1. The molecule has 0 aliphatic carbocycles. The third kappa shape index (κ3) is 2.81. The van der Waals surface area contributed by atoms with Crippen LogP contribution in [-0.2, 0) is 4.79 Å². The molecule has 4 nitrogen and oxygen atoms in total. The molecule has 1 fully saturated rings. The number of nitrogens with zero attached hydrogens (tertiary/aromatic N) is 1. The van der Waals surface area contributed by atoms with E-state index in [0.29, 0.717) is 13.1 Å². The van der Waals surface area contributed by atoms with Crippen LogP contribution in [0.5, 0.6) is 11.5 Å². The first-order valence-corrected chi connectivity index (χ1v) is 6.67. The average Bonchev–Trinajstić information content (AvgIpc) is 2.50. The van der Waals surface area contributed by atoms with E-state index in [4.69, 9.17) is 4.74 Å². The largest absolute Gasteiger partial charge is 0.457 e. The molecule has 102 valence electrons. The van der Waals surface area contributed by atoms with Crippen molar-refractivity contribution < 1.29 is 9.53 Å². The number of hydrogen-bond acceptors (Lipinski definition) is 3. The van der Waals surface area contributed by atoms with E-state index in [1.807, 2.05) is 54.6 Å². The number of hydrogen-bond donors (Lipinski definition) is 1. The molecule has 2 aromatic rings. The predicted molar refractivity (Wildman–Crippen MR) is 78.2 cm³/mol. The monoisotopic (exact) mass is 268 g/mol. The van der Waals surface area contributed by atoms with Crippen molar-refractivity contribution >= 4 is 11.6 Å². The van der Waals surface area contributed by atoms with Crippen molar-refractivity contribution in [3.63, 3.8) is 0 Å². The molecule has 1 heterocycles. The third-order valence-electron chi connectivity index (χ3n) is 3.22. The van der Waals surface area contributed by atoms with Crippen molar-refractivity contribution in [2.45, 2.75) is 0 Å². The summed E-state index contributed by atoms with van der Waals surface area (Å²) in [6, 6.07) is 17.2. The highest BCUT2D eigenvalue weighted by Crippen LogP contribution is 2.24. The summed E-state index contributed by atoms with van der Waals surface area (Å²) in [5.74, 6) is 1.68. The van der Waals surface area contributed by atoms with Gasteiger partial charge in [-0.2, -0.15) is 0 Å². The van der Waals surface area contributed by atoms with Gasteiger partial charge in [-0.3, -0.25) is 4.79 Å². The molecule has 0 spiro atoms. The van der Waals surface area contributed by atoms with Crippen molar-refractivity contribution in [2.75, 3.05) is 24.5 Å². The Kier molecular flexibility index (Phi) is 3.65. The molecule has 1 saturated heterocycles. The third-order valence-corrected chi connectivity index (χ3v) is 3.22. The quantitative estimate of drug-likeness (QED) is 0.929. The van der Waals surface area contributed by atoms with Crippen molar-refractivity contribution in [1.82, 2.24) is 5.32 Å². The van der Waals surface area contributed by atoms with Crippen LogP contribution < -0.4 is 15.0 Å². The van der Waals surface area contributed by atoms with Crippen LogP contribution in [0.2, 0.25) is 0 Å². The molecule has 1 N–H and O–H groups in total. The molecule has 0 saturated carbocycles. The van der Waals surface area contributed by atoms with Gasteiger partial charge in [-0.15, -0.1) is 0 Å². The van der Waals surface area contributed by atoms with Crippen molar-refractivity contribution in [3.05, 3.63) is 54.6 Å². The van der Waals surface area contributed by atoms with Gasteiger partial charge in [0.1, 0.15) is 11.5 Å². The highest BCUT2D eigenvalue weighted by molar-refractivity contribution is 5.95. The lowest BCUT2D eigenvalue weighted by molar-refractivity contribution is -0.118. The lowest BCUT2D eigenvalue weighted by atomic mass is 10.2. The summed E-state index contributed by atoms with van der Waals surface area (Å²) in [4.78, 5) is 13.6. The van der Waals surface area contributed by atoms with E-state index in [1.165, 1.54) is 0 Å². The van der Waals surface area contributed by atoms with Gasteiger partial charge in [0, 0.05) is 18.8 Å². The zero-order valence-corrected chi connectivity index (χ0v) is 11.1. The summed E-state index contributed by atoms with van der Waals surface area (Å²) in [5.41, 5.74) is 0.914. The standard InChI is InChI=1S/C16H16N2O2/c19-16-12-17-10-11-18(16)13-6-8-15(9-7-13)20-14-4-2-1-3-5-14/h1-9,17H,10-12H2. The van der Waals surface area contributed by atoms with Crippen molar-refractivity contribution in [1.29, 1.82) is 0 Å². The van der Waals surface area contributed by atoms with Gasteiger partial charge in [0.25, 0.3) is 0 Å². The number of rotatable bonds is 3. The van der Waals surface area contributed by atoms with Gasteiger partial charge in [-0.1, -0.05) is 18.2 Å². The van der Waals surface area contributed by atoms with Crippen LogP contribution in [0.25, 0.3) is 0 Å². The first kappa shape index (κ1) is 12.7. The zero-order chi connectivity index (χ0) is 13.8. The molecule has 0 bridgehead atoms. The van der Waals surface area contributed by atoms with Gasteiger partial charge in [-0.25, -0.2) is 0 Å². The van der Waals surface area contributed by atoms with E-state index in [9.17, 15) is 4.79 Å². The van der Waals surface area contributed by atoms with Crippen LogP contribution in [0.3, 0.4) is 0 Å². The summed E-state index contributed by atoms with van der Waals surface area (Å²) in [5, 5.41) is 3.06. The van der Waals surface area contributed by atoms with E-state index in [0.717, 1.165) is 23.7 Å². The molecular weight excluding hydrogens is 252 g/mol. The number of benzene rings is 2. The Balaban J connectivity index is 1.72. The number of nitrogens with one attached hydrogen (secondary N) is 1. The minimum Gasteiger partial charge on any atom is -0.457 e. The number of piperazine rings is 1. The van der Waals surface area contributed by atoms with Crippen LogP contribution in [-0.4, -0.2) is 25.5 Å². The van der Waals surface area contributed by atoms with E-state index in [1.54, 1.807) is 4.90 Å². The van der Waals surface area contributed by atoms with Crippen LogP contribution >= 0.6 is 0 Å². The number of carbonyl (C=O) groups excluding carboxylic acids is 1. The van der Waals surface area contributed by atoms with Gasteiger partial charge >= 0.3 is 0 Å². The maximum Gasteiger partial charge on any atom is 0.240 e. The van der Waals surface area contributed by atoms with Crippen molar-refractivity contribution in [3.8, 4) is 11.5 Å². The maximum atomic E-state index is 11.8. The molecule has 1 aliphatic rings. The second-order valence-corrected chi connectivity index (χ2v) is 4.63. The van der Waals surface area contributed by atoms with Crippen LogP contribution in [0.15, 0.2) is 54.6 Å². The average molecular weight is 268 g/mol. The minimum atomic E-state index is 0.105. The first-order valence-electron chi connectivity index (χ1n) is 6.67. The zero-order valence-electron chi connectivity index (χ0n) is 11.1. The fraction of sp³-hybridized carbons (Fsp3) is 0.188. The Hall–Kier alpha value is -2.33. The predicted octanol–water partition coefficient (Wildman–Crippen LogP) is 2.42. The molecule has 2 aromatic carbocycles. The van der Waals surface area contributed by atoms with Crippen LogP contribution in [0, 0.1) is 0 Å². The van der Waals surface area contributed by atoms with E-state index < -0.39 is 0 Å². The molecular formula is C16H16N2O2. The van der Waals surface area contributed by atoms with Crippen molar-refractivity contribution in [2.24, 2.45) is 0 Å². The second kappa shape index (κ2) is 5.75. The Morgan fingerprint density at radius 2 is 1.65 bits per heavy atom. The lowest BCUT2D eigenvalue weighted by Crippen LogP contribution is -2.48. The fourth-order valence-corrected chi connectivity index (χ4v) is 2.20. The number of ether oxygens (including phenoxy) is 1. The fourth-order valence-electron chi connectivity index (χ4n) is 2.20. The summed E-state index contributed by atoms with van der Waals surface area (Å²) in [6.45, 7) is 1.94. The highest BCUT2D eigenvalue weighted by Gasteiger charge is 2.18. The Morgan fingerprint density at radius 3 is 2.35 bits per heavy atom. The smallest absolute Gasteiger partial charge is 0.240 e. The molecule has 4 heteroatoms. The van der Waals surface area contributed by atoms with E-state index in [-0.39, 0.29) is 5.91 Å².